The number of carbonyl (C=O) groups excluding carboxylic acids is 3. The van der Waals surface area contributed by atoms with Crippen LogP contribution in [0.25, 0.3) is 0 Å². The lowest BCUT2D eigenvalue weighted by atomic mass is 10.0. The van der Waals surface area contributed by atoms with Gasteiger partial charge in [-0.3, -0.25) is 14.4 Å². The smallest absolute Gasteiger partial charge is 0.306 e. The average Bonchev–Trinajstić information content (AvgIpc) is 3.27. The molecule has 0 aliphatic rings. The molecule has 374 valence electrons. The normalized spacial score (nSPS) is 12.0. The molecule has 0 aromatic rings. The Hall–Kier alpha value is -1.59. The third-order valence-corrected chi connectivity index (χ3v) is 13.0. The van der Waals surface area contributed by atoms with Crippen molar-refractivity contribution in [3.8, 4) is 0 Å². The second kappa shape index (κ2) is 51.4. The Kier molecular flexibility index (Phi) is 50.1. The maximum atomic E-state index is 12.8. The molecule has 0 radical (unpaired) electrons. The Labute approximate surface area is 393 Å². The van der Waals surface area contributed by atoms with Crippen LogP contribution in [0.2, 0.25) is 0 Å². The van der Waals surface area contributed by atoms with Crippen molar-refractivity contribution in [3.05, 3.63) is 0 Å². The van der Waals surface area contributed by atoms with Gasteiger partial charge in [0.05, 0.1) is 0 Å². The second-order valence-electron chi connectivity index (χ2n) is 20.1. The van der Waals surface area contributed by atoms with Gasteiger partial charge in [-0.15, -0.1) is 0 Å². The molecule has 0 saturated carbocycles. The van der Waals surface area contributed by atoms with Crippen LogP contribution in [0, 0.1) is 5.92 Å². The zero-order valence-corrected chi connectivity index (χ0v) is 43.0. The molecule has 0 spiro atoms. The molecule has 0 aliphatic heterocycles. The third-order valence-electron chi connectivity index (χ3n) is 13.0. The molecule has 0 aliphatic carbocycles. The van der Waals surface area contributed by atoms with E-state index < -0.39 is 6.10 Å². The number of esters is 3. The Morgan fingerprint density at radius 3 is 0.778 bits per heavy atom. The lowest BCUT2D eigenvalue weighted by Gasteiger charge is -2.18. The summed E-state index contributed by atoms with van der Waals surface area (Å²) >= 11 is 0. The van der Waals surface area contributed by atoms with Crippen molar-refractivity contribution in [3.63, 3.8) is 0 Å². The van der Waals surface area contributed by atoms with E-state index in [4.69, 9.17) is 14.2 Å². The van der Waals surface area contributed by atoms with Crippen LogP contribution in [0.3, 0.4) is 0 Å². The summed E-state index contributed by atoms with van der Waals surface area (Å²) in [4.78, 5) is 38.1. The van der Waals surface area contributed by atoms with E-state index in [0.717, 1.165) is 63.7 Å². The van der Waals surface area contributed by atoms with Crippen molar-refractivity contribution in [2.24, 2.45) is 5.92 Å². The summed E-state index contributed by atoms with van der Waals surface area (Å²) in [5.41, 5.74) is 0. The molecule has 0 aromatic heterocycles. The van der Waals surface area contributed by atoms with Gasteiger partial charge in [0.15, 0.2) is 6.10 Å². The van der Waals surface area contributed by atoms with Crippen LogP contribution in [-0.4, -0.2) is 37.2 Å². The number of hydrogen-bond donors (Lipinski definition) is 0. The van der Waals surface area contributed by atoms with Gasteiger partial charge < -0.3 is 14.2 Å². The van der Waals surface area contributed by atoms with E-state index in [1.54, 1.807) is 0 Å². The van der Waals surface area contributed by atoms with Gasteiger partial charge in [-0.2, -0.15) is 0 Å². The van der Waals surface area contributed by atoms with Crippen molar-refractivity contribution in [1.82, 2.24) is 0 Å². The fourth-order valence-corrected chi connectivity index (χ4v) is 8.75. The first-order valence-electron chi connectivity index (χ1n) is 28.4. The average molecular weight is 892 g/mol. The monoisotopic (exact) mass is 891 g/mol. The van der Waals surface area contributed by atoms with Crippen molar-refractivity contribution in [2.75, 3.05) is 13.2 Å². The van der Waals surface area contributed by atoms with Crippen LogP contribution in [0.15, 0.2) is 0 Å². The Morgan fingerprint density at radius 2 is 0.524 bits per heavy atom. The Bertz CT molecular complexity index is 949. The highest BCUT2D eigenvalue weighted by molar-refractivity contribution is 5.71. The summed E-state index contributed by atoms with van der Waals surface area (Å²) in [5.74, 6) is -0.0304. The fourth-order valence-electron chi connectivity index (χ4n) is 8.75. The van der Waals surface area contributed by atoms with E-state index >= 15 is 0 Å². The number of ether oxygens (including phenoxy) is 3. The zero-order chi connectivity index (χ0) is 45.9. The molecule has 0 saturated heterocycles. The van der Waals surface area contributed by atoms with Gasteiger partial charge in [-0.1, -0.05) is 285 Å². The Morgan fingerprint density at radius 1 is 0.302 bits per heavy atom. The number of rotatable bonds is 52. The predicted molar refractivity (Wildman–Crippen MR) is 270 cm³/mol. The molecular weight excluding hydrogens is 781 g/mol. The molecule has 0 unspecified atom stereocenters. The van der Waals surface area contributed by atoms with Gasteiger partial charge in [0.2, 0.25) is 0 Å². The van der Waals surface area contributed by atoms with Crippen LogP contribution >= 0.6 is 0 Å². The summed E-state index contributed by atoms with van der Waals surface area (Å²) in [6, 6.07) is 0. The SMILES string of the molecule is CCCCCCCCCCCCCCCCCCCCCC(=O)O[C@H](COC(=O)CCCCCCCCCCCCCCCC)COC(=O)CCCCCCCCCCCC(C)C. The lowest BCUT2D eigenvalue weighted by molar-refractivity contribution is -0.167. The van der Waals surface area contributed by atoms with Crippen molar-refractivity contribution < 1.29 is 28.6 Å². The first kappa shape index (κ1) is 61.4. The first-order valence-corrected chi connectivity index (χ1v) is 28.4. The van der Waals surface area contributed by atoms with Gasteiger partial charge in [0.25, 0.3) is 0 Å². The zero-order valence-electron chi connectivity index (χ0n) is 43.0. The van der Waals surface area contributed by atoms with Gasteiger partial charge in [-0.25, -0.2) is 0 Å². The summed E-state index contributed by atoms with van der Waals surface area (Å²) in [7, 11) is 0. The minimum atomic E-state index is -0.761. The predicted octanol–water partition coefficient (Wildman–Crippen LogP) is 18.6. The minimum Gasteiger partial charge on any atom is -0.462 e. The van der Waals surface area contributed by atoms with Crippen LogP contribution in [0.4, 0.5) is 0 Å². The second-order valence-corrected chi connectivity index (χ2v) is 20.1. The number of hydrogen-bond acceptors (Lipinski definition) is 6. The van der Waals surface area contributed by atoms with E-state index in [-0.39, 0.29) is 31.1 Å². The third kappa shape index (κ3) is 51.3. The molecule has 6 heteroatoms. The number of carbonyl (C=O) groups is 3. The van der Waals surface area contributed by atoms with Gasteiger partial charge in [0, 0.05) is 19.3 Å². The standard InChI is InChI=1S/C57H110O6/c1-5-7-9-11-13-15-17-19-21-22-23-24-25-27-29-33-38-42-46-50-57(60)63-54(52-62-56(59)49-45-41-37-34-30-31-35-39-43-47-53(3)4)51-61-55(58)48-44-40-36-32-28-26-20-18-16-14-12-10-8-6-2/h53-54H,5-52H2,1-4H3/t54-/m1/s1. The van der Waals surface area contributed by atoms with Crippen LogP contribution in [0.5, 0.6) is 0 Å². The van der Waals surface area contributed by atoms with E-state index in [1.165, 1.54) is 218 Å². The van der Waals surface area contributed by atoms with Crippen LogP contribution in [-0.2, 0) is 28.6 Å². The summed E-state index contributed by atoms with van der Waals surface area (Å²) in [6.45, 7) is 9.03. The van der Waals surface area contributed by atoms with Crippen molar-refractivity contribution in [1.29, 1.82) is 0 Å². The van der Waals surface area contributed by atoms with E-state index in [9.17, 15) is 14.4 Å². The lowest BCUT2D eigenvalue weighted by Crippen LogP contribution is -2.30. The molecule has 0 N–H and O–H groups in total. The molecule has 0 fully saturated rings. The molecule has 1 atom stereocenters. The van der Waals surface area contributed by atoms with Gasteiger partial charge in [-0.05, 0) is 25.2 Å². The summed E-state index contributed by atoms with van der Waals surface area (Å²) in [5, 5.41) is 0. The van der Waals surface area contributed by atoms with Gasteiger partial charge >= 0.3 is 17.9 Å². The number of unbranched alkanes of at least 4 members (excludes halogenated alkanes) is 39. The topological polar surface area (TPSA) is 78.9 Å². The van der Waals surface area contributed by atoms with Crippen molar-refractivity contribution >= 4 is 17.9 Å². The molecular formula is C57H110O6. The maximum Gasteiger partial charge on any atom is 0.306 e. The molecule has 6 nitrogen and oxygen atoms in total. The molecule has 0 amide bonds. The van der Waals surface area contributed by atoms with Crippen LogP contribution in [0.1, 0.15) is 323 Å². The maximum absolute atomic E-state index is 12.8. The molecule has 0 aromatic carbocycles. The Balaban J connectivity index is 4.27. The fraction of sp³-hybridized carbons (Fsp3) is 0.947. The molecule has 0 rings (SSSR count). The molecule has 63 heavy (non-hydrogen) atoms. The highest BCUT2D eigenvalue weighted by atomic mass is 16.6. The van der Waals surface area contributed by atoms with Crippen molar-refractivity contribution in [2.45, 2.75) is 329 Å². The first-order chi connectivity index (χ1) is 30.9. The molecule has 0 heterocycles. The highest BCUT2D eigenvalue weighted by Gasteiger charge is 2.19. The highest BCUT2D eigenvalue weighted by Crippen LogP contribution is 2.18. The van der Waals surface area contributed by atoms with E-state index in [2.05, 4.69) is 27.7 Å². The van der Waals surface area contributed by atoms with E-state index in [0.29, 0.717) is 19.3 Å². The molecule has 0 bridgehead atoms. The minimum absolute atomic E-state index is 0.0624. The van der Waals surface area contributed by atoms with E-state index in [1.807, 2.05) is 0 Å². The van der Waals surface area contributed by atoms with Crippen LogP contribution < -0.4 is 0 Å². The quantitative estimate of drug-likeness (QED) is 0.0344. The summed E-state index contributed by atoms with van der Waals surface area (Å²) in [6.07, 6.45) is 55.2. The van der Waals surface area contributed by atoms with Gasteiger partial charge in [0.1, 0.15) is 13.2 Å². The largest absolute Gasteiger partial charge is 0.462 e. The summed E-state index contributed by atoms with van der Waals surface area (Å²) < 4.78 is 16.9.